The molecule has 39 heavy (non-hydrogen) atoms. The molecule has 0 saturated carbocycles. The summed E-state index contributed by atoms with van der Waals surface area (Å²) in [6.45, 7) is 5.20. The predicted octanol–water partition coefficient (Wildman–Crippen LogP) is 3.30. The topological polar surface area (TPSA) is 163 Å². The lowest BCUT2D eigenvalue weighted by molar-refractivity contribution is -0.284. The number of carbonyl (C=O) groups excluding carboxylic acids is 1. The van der Waals surface area contributed by atoms with Crippen molar-refractivity contribution in [1.82, 2.24) is 39.9 Å². The van der Waals surface area contributed by atoms with Crippen LogP contribution in [-0.2, 0) is 23.7 Å². The Morgan fingerprint density at radius 2 is 1.85 bits per heavy atom. The van der Waals surface area contributed by atoms with Gasteiger partial charge in [-0.05, 0) is 6.92 Å². The lowest BCUT2D eigenvalue weighted by atomic mass is 9.84. The van der Waals surface area contributed by atoms with Crippen LogP contribution in [0.4, 0.5) is 33.6 Å². The lowest BCUT2D eigenvalue weighted by Gasteiger charge is -2.19. The van der Waals surface area contributed by atoms with Crippen LogP contribution in [0.5, 0.6) is 0 Å². The minimum atomic E-state index is -5.72. The Morgan fingerprint density at radius 1 is 1.13 bits per heavy atom. The van der Waals surface area contributed by atoms with Crippen molar-refractivity contribution < 1.29 is 31.2 Å². The molecule has 1 amide bonds. The number of nitrogens with two attached hydrogens (primary N) is 1. The van der Waals surface area contributed by atoms with E-state index in [0.717, 1.165) is 0 Å². The number of carbonyl (C=O) groups is 1. The number of fused-ring (bicyclic) bond motifs is 2. The first-order chi connectivity index (χ1) is 18.1. The number of amides is 1. The molecule has 5 rings (SSSR count). The summed E-state index contributed by atoms with van der Waals surface area (Å²) in [6.07, 6.45) is -6.72. The van der Waals surface area contributed by atoms with Gasteiger partial charge in [-0.25, -0.2) is 19.9 Å². The molecule has 0 saturated heterocycles. The van der Waals surface area contributed by atoms with Gasteiger partial charge in [-0.3, -0.25) is 9.48 Å². The predicted molar refractivity (Wildman–Crippen MR) is 125 cm³/mol. The average Bonchev–Trinajstić information content (AvgIpc) is 3.54. The summed E-state index contributed by atoms with van der Waals surface area (Å²) < 4.78 is 72.2. The van der Waals surface area contributed by atoms with E-state index in [1.807, 2.05) is 13.8 Å². The highest BCUT2D eigenvalue weighted by molar-refractivity contribution is 6.08. The summed E-state index contributed by atoms with van der Waals surface area (Å²) >= 11 is 0. The van der Waals surface area contributed by atoms with Gasteiger partial charge in [0.05, 0.1) is 17.1 Å². The Morgan fingerprint density at radius 3 is 2.49 bits per heavy atom. The maximum absolute atomic E-state index is 13.6. The molecule has 4 aromatic heterocycles. The van der Waals surface area contributed by atoms with Crippen molar-refractivity contribution in [1.29, 1.82) is 0 Å². The molecule has 0 aromatic carbocycles. The van der Waals surface area contributed by atoms with Crippen LogP contribution in [0, 0.1) is 0 Å². The largest absolute Gasteiger partial charge is 0.453 e. The summed E-state index contributed by atoms with van der Waals surface area (Å²) in [6, 6.07) is 0. The highest BCUT2D eigenvalue weighted by Crippen LogP contribution is 2.45. The van der Waals surface area contributed by atoms with E-state index in [4.69, 9.17) is 10.2 Å². The third-order valence-corrected chi connectivity index (χ3v) is 6.41. The van der Waals surface area contributed by atoms with Crippen LogP contribution in [0.15, 0.2) is 10.6 Å². The highest BCUT2D eigenvalue weighted by Gasteiger charge is 2.57. The number of alkyl halides is 5. The summed E-state index contributed by atoms with van der Waals surface area (Å²) in [7, 11) is 1.51. The van der Waals surface area contributed by atoms with Crippen molar-refractivity contribution in [3.8, 4) is 11.5 Å². The fourth-order valence-corrected chi connectivity index (χ4v) is 4.15. The van der Waals surface area contributed by atoms with Gasteiger partial charge in [0.2, 0.25) is 17.7 Å². The molecule has 1 atom stereocenters. The number of aryl methyl sites for hydroxylation is 2. The zero-order valence-corrected chi connectivity index (χ0v) is 20.9. The second-order valence-corrected chi connectivity index (χ2v) is 9.53. The second-order valence-electron chi connectivity index (χ2n) is 9.53. The zero-order valence-electron chi connectivity index (χ0n) is 20.9. The molecule has 0 radical (unpaired) electrons. The summed E-state index contributed by atoms with van der Waals surface area (Å²) in [4.78, 5) is 30.0. The first-order valence-electron chi connectivity index (χ1n) is 11.6. The molecule has 3 N–H and O–H groups in total. The fraction of sp³-hybridized carbons (Fsp3) is 0.455. The van der Waals surface area contributed by atoms with Gasteiger partial charge in [-0.1, -0.05) is 13.8 Å². The third-order valence-electron chi connectivity index (χ3n) is 6.41. The zero-order chi connectivity index (χ0) is 28.5. The van der Waals surface area contributed by atoms with Crippen molar-refractivity contribution in [2.75, 3.05) is 11.1 Å². The number of nitrogen functional groups attached to an aromatic ring is 1. The van der Waals surface area contributed by atoms with Gasteiger partial charge in [-0.15, -0.1) is 10.2 Å². The quantitative estimate of drug-likeness (QED) is 0.339. The Bertz CT molecular complexity index is 1610. The number of anilines is 2. The van der Waals surface area contributed by atoms with Gasteiger partial charge >= 0.3 is 12.1 Å². The Labute approximate surface area is 216 Å². The van der Waals surface area contributed by atoms with E-state index in [1.165, 1.54) is 24.9 Å². The standard InChI is InChI=1S/C22H21F5N10O2/c1-8(2)17-35-36-19(39-17)20(3)11-13(28)32-15(33-14(11)34-18(20)38)12-9-7-29-37(4)16(9)31-10(30-12)5-6-21(23,24)22(25,26)27/h7-8H,5-6H2,1-4H3,(H3,28,32,33,34,38). The lowest BCUT2D eigenvalue weighted by Crippen LogP contribution is -2.36. The van der Waals surface area contributed by atoms with Crippen molar-refractivity contribution in [3.05, 3.63) is 29.4 Å². The summed E-state index contributed by atoms with van der Waals surface area (Å²) in [5, 5.41) is 15.0. The number of aromatic nitrogens is 8. The maximum atomic E-state index is 13.6. The van der Waals surface area contributed by atoms with E-state index >= 15 is 0 Å². The first-order valence-corrected chi connectivity index (χ1v) is 11.6. The molecule has 0 bridgehead atoms. The van der Waals surface area contributed by atoms with Crippen LogP contribution in [0.25, 0.3) is 22.6 Å². The highest BCUT2D eigenvalue weighted by atomic mass is 19.4. The molecular formula is C22H21F5N10O2. The number of nitrogens with zero attached hydrogens (tertiary/aromatic N) is 8. The molecule has 1 unspecified atom stereocenters. The normalized spacial score (nSPS) is 17.7. The monoisotopic (exact) mass is 552 g/mol. The van der Waals surface area contributed by atoms with Crippen molar-refractivity contribution in [2.24, 2.45) is 7.05 Å². The fourth-order valence-electron chi connectivity index (χ4n) is 4.15. The van der Waals surface area contributed by atoms with Gasteiger partial charge in [0, 0.05) is 25.8 Å². The molecule has 5 heterocycles. The van der Waals surface area contributed by atoms with Crippen LogP contribution in [0.3, 0.4) is 0 Å². The van der Waals surface area contributed by atoms with Crippen LogP contribution < -0.4 is 11.1 Å². The number of halogens is 5. The van der Waals surface area contributed by atoms with Gasteiger partial charge in [-0.2, -0.15) is 27.1 Å². The van der Waals surface area contributed by atoms with E-state index in [1.54, 1.807) is 0 Å². The van der Waals surface area contributed by atoms with Gasteiger partial charge in [0.15, 0.2) is 16.9 Å². The van der Waals surface area contributed by atoms with Crippen LogP contribution >= 0.6 is 0 Å². The van der Waals surface area contributed by atoms with E-state index < -0.39 is 36.3 Å². The molecule has 0 spiro atoms. The Kier molecular flexibility index (Phi) is 5.80. The Hall–Kier alpha value is -4.31. The maximum Gasteiger partial charge on any atom is 0.453 e. The smallest absolute Gasteiger partial charge is 0.423 e. The van der Waals surface area contributed by atoms with Crippen LogP contribution in [0.2, 0.25) is 0 Å². The number of nitrogens with one attached hydrogen (secondary N) is 1. The number of hydrogen-bond donors (Lipinski definition) is 2. The van der Waals surface area contributed by atoms with Crippen molar-refractivity contribution in [2.45, 2.75) is 57.0 Å². The summed E-state index contributed by atoms with van der Waals surface area (Å²) in [5.74, 6) is -5.86. The molecule has 0 aliphatic carbocycles. The molecule has 1 aliphatic heterocycles. The SMILES string of the molecule is CC(C)c1nnc(C2(C)C(=O)Nc3nc(-c4nc(CCC(F)(F)C(F)(F)F)nc5c4cnn5C)nc(N)c32)o1. The van der Waals surface area contributed by atoms with Crippen molar-refractivity contribution in [3.63, 3.8) is 0 Å². The molecule has 17 heteroatoms. The van der Waals surface area contributed by atoms with Crippen molar-refractivity contribution >= 4 is 28.6 Å². The molecule has 0 fully saturated rings. The van der Waals surface area contributed by atoms with E-state index in [2.05, 4.69) is 40.5 Å². The first kappa shape index (κ1) is 26.3. The average molecular weight is 552 g/mol. The minimum absolute atomic E-state index is 0.0179. The van der Waals surface area contributed by atoms with Gasteiger partial charge in [0.25, 0.3) is 0 Å². The number of rotatable bonds is 6. The Balaban J connectivity index is 1.60. The van der Waals surface area contributed by atoms with E-state index in [9.17, 15) is 26.7 Å². The molecule has 1 aliphatic rings. The summed E-state index contributed by atoms with van der Waals surface area (Å²) in [5.41, 5.74) is 5.08. The van der Waals surface area contributed by atoms with Crippen LogP contribution in [-0.4, -0.2) is 57.9 Å². The minimum Gasteiger partial charge on any atom is -0.423 e. The molecule has 12 nitrogen and oxygen atoms in total. The molecule has 206 valence electrons. The third kappa shape index (κ3) is 4.11. The van der Waals surface area contributed by atoms with E-state index in [-0.39, 0.29) is 57.4 Å². The molecular weight excluding hydrogens is 531 g/mol. The van der Waals surface area contributed by atoms with Gasteiger partial charge in [0.1, 0.15) is 23.2 Å². The van der Waals surface area contributed by atoms with Crippen LogP contribution in [0.1, 0.15) is 56.3 Å². The molecule has 4 aromatic rings. The number of hydrogen-bond acceptors (Lipinski definition) is 10. The van der Waals surface area contributed by atoms with Gasteiger partial charge < -0.3 is 15.5 Å². The van der Waals surface area contributed by atoms with E-state index in [0.29, 0.717) is 5.89 Å². The second kappa shape index (κ2) is 8.60.